The van der Waals surface area contributed by atoms with Crippen LogP contribution in [-0.2, 0) is 0 Å². The van der Waals surface area contributed by atoms with Gasteiger partial charge in [0, 0.05) is 6.07 Å². The fourth-order valence-corrected chi connectivity index (χ4v) is 2.11. The number of nitrogens with one attached hydrogen (secondary N) is 1. The summed E-state index contributed by atoms with van der Waals surface area (Å²) in [6, 6.07) is 4.49. The summed E-state index contributed by atoms with van der Waals surface area (Å²) in [5, 5.41) is 11.4. The summed E-state index contributed by atoms with van der Waals surface area (Å²) in [5.74, 6) is -1.97. The average Bonchev–Trinajstić information content (AvgIpc) is 2.95. The van der Waals surface area contributed by atoms with E-state index in [1.54, 1.807) is 6.07 Å². The van der Waals surface area contributed by atoms with Crippen LogP contribution in [0, 0.1) is 23.0 Å². The SMILES string of the molecule is N#Cc1nc(NCC(F)F)c2ncn(-c3cc(F)cc(F)c3)c2n1. The van der Waals surface area contributed by atoms with E-state index in [2.05, 4.69) is 20.3 Å². The molecule has 6 nitrogen and oxygen atoms in total. The maximum absolute atomic E-state index is 13.4. The minimum Gasteiger partial charge on any atom is -0.362 e. The Labute approximate surface area is 132 Å². The number of hydrogen-bond donors (Lipinski definition) is 1. The Morgan fingerprint density at radius 2 is 1.88 bits per heavy atom. The van der Waals surface area contributed by atoms with E-state index in [1.165, 1.54) is 10.9 Å². The predicted molar refractivity (Wildman–Crippen MR) is 75.8 cm³/mol. The molecule has 1 N–H and O–H groups in total. The molecule has 0 aliphatic rings. The van der Waals surface area contributed by atoms with Crippen molar-refractivity contribution in [2.24, 2.45) is 0 Å². The lowest BCUT2D eigenvalue weighted by atomic mass is 10.3. The first-order chi connectivity index (χ1) is 11.5. The zero-order valence-electron chi connectivity index (χ0n) is 11.8. The highest BCUT2D eigenvalue weighted by Crippen LogP contribution is 2.23. The number of alkyl halides is 2. The molecule has 1 aromatic carbocycles. The Hall–Kier alpha value is -3.22. The molecule has 24 heavy (non-hydrogen) atoms. The van der Waals surface area contributed by atoms with E-state index in [4.69, 9.17) is 5.26 Å². The van der Waals surface area contributed by atoms with Gasteiger partial charge in [-0.1, -0.05) is 0 Å². The molecule has 0 amide bonds. The summed E-state index contributed by atoms with van der Waals surface area (Å²) in [5.41, 5.74) is 0.236. The first-order valence-electron chi connectivity index (χ1n) is 6.61. The quantitative estimate of drug-likeness (QED) is 0.741. The zero-order chi connectivity index (χ0) is 17.3. The third kappa shape index (κ3) is 2.96. The highest BCUT2D eigenvalue weighted by atomic mass is 19.3. The average molecular weight is 336 g/mol. The van der Waals surface area contributed by atoms with E-state index in [9.17, 15) is 17.6 Å². The van der Waals surface area contributed by atoms with Gasteiger partial charge in [0.15, 0.2) is 17.0 Å². The monoisotopic (exact) mass is 336 g/mol. The fraction of sp³-hybridized carbons (Fsp3) is 0.143. The molecular weight excluding hydrogens is 328 g/mol. The summed E-state index contributed by atoms with van der Waals surface area (Å²) < 4.78 is 52.8. The van der Waals surface area contributed by atoms with Gasteiger partial charge in [-0.2, -0.15) is 15.2 Å². The maximum atomic E-state index is 13.4. The Kier molecular flexibility index (Phi) is 3.99. The van der Waals surface area contributed by atoms with Crippen molar-refractivity contribution in [3.8, 4) is 11.8 Å². The molecule has 3 aromatic rings. The van der Waals surface area contributed by atoms with Crippen molar-refractivity contribution in [1.82, 2.24) is 19.5 Å². The minimum absolute atomic E-state index is 0.0586. The fourth-order valence-electron chi connectivity index (χ4n) is 2.11. The number of anilines is 1. The second-order valence-corrected chi connectivity index (χ2v) is 4.69. The summed E-state index contributed by atoms with van der Waals surface area (Å²) in [6.45, 7) is -0.696. The van der Waals surface area contributed by atoms with Crippen LogP contribution in [0.25, 0.3) is 16.9 Å². The lowest BCUT2D eigenvalue weighted by molar-refractivity contribution is 0.163. The standard InChI is InChI=1S/C14H8F4N6/c15-7-1-8(16)3-9(2-7)24-6-21-12-13(20-5-10(17)18)22-11(4-19)23-14(12)24/h1-3,6,10H,5H2,(H,20,22,23). The number of rotatable bonds is 4. The number of halogens is 4. The summed E-state index contributed by atoms with van der Waals surface area (Å²) >= 11 is 0. The van der Waals surface area contributed by atoms with Gasteiger partial charge >= 0.3 is 0 Å². The first kappa shape index (κ1) is 15.7. The highest BCUT2D eigenvalue weighted by molar-refractivity contribution is 5.84. The summed E-state index contributed by atoms with van der Waals surface area (Å²) in [4.78, 5) is 11.7. The van der Waals surface area contributed by atoms with Gasteiger partial charge < -0.3 is 5.32 Å². The topological polar surface area (TPSA) is 79.4 Å². The van der Waals surface area contributed by atoms with E-state index in [0.717, 1.165) is 12.1 Å². The summed E-state index contributed by atoms with van der Waals surface area (Å²) in [6.07, 6.45) is -1.43. The molecule has 0 saturated heterocycles. The number of hydrogen-bond acceptors (Lipinski definition) is 5. The van der Waals surface area contributed by atoms with Gasteiger partial charge in [0.2, 0.25) is 5.82 Å². The van der Waals surface area contributed by atoms with Crippen LogP contribution in [0.5, 0.6) is 0 Å². The maximum Gasteiger partial charge on any atom is 0.255 e. The third-order valence-corrected chi connectivity index (χ3v) is 3.05. The Bertz CT molecular complexity index is 926. The van der Waals surface area contributed by atoms with E-state index in [0.29, 0.717) is 6.07 Å². The number of aromatic nitrogens is 4. The van der Waals surface area contributed by atoms with Crippen LogP contribution in [0.1, 0.15) is 5.82 Å². The molecule has 0 saturated carbocycles. The normalized spacial score (nSPS) is 11.0. The number of nitrogens with zero attached hydrogens (tertiary/aromatic N) is 5. The molecule has 0 fully saturated rings. The minimum atomic E-state index is -2.64. The molecule has 0 unspecified atom stereocenters. The smallest absolute Gasteiger partial charge is 0.255 e. The number of nitriles is 1. The van der Waals surface area contributed by atoms with Crippen LogP contribution < -0.4 is 5.32 Å². The molecule has 0 aliphatic heterocycles. The first-order valence-corrected chi connectivity index (χ1v) is 6.61. The van der Waals surface area contributed by atoms with Gasteiger partial charge in [-0.05, 0) is 12.1 Å². The van der Waals surface area contributed by atoms with Crippen LogP contribution in [0.4, 0.5) is 23.4 Å². The molecule has 122 valence electrons. The molecule has 3 rings (SSSR count). The molecular formula is C14H8F4N6. The number of benzene rings is 1. The Balaban J connectivity index is 2.17. The number of fused-ring (bicyclic) bond motifs is 1. The van der Waals surface area contributed by atoms with Crippen LogP contribution in [0.15, 0.2) is 24.5 Å². The molecule has 0 atom stereocenters. The lowest BCUT2D eigenvalue weighted by Gasteiger charge is -2.07. The Morgan fingerprint density at radius 1 is 1.17 bits per heavy atom. The van der Waals surface area contributed by atoms with Crippen molar-refractivity contribution in [3.63, 3.8) is 0 Å². The predicted octanol–water partition coefficient (Wildman–Crippen LogP) is 2.64. The van der Waals surface area contributed by atoms with Crippen molar-refractivity contribution in [2.45, 2.75) is 6.43 Å². The van der Waals surface area contributed by atoms with Gasteiger partial charge in [-0.15, -0.1) is 0 Å². The van der Waals surface area contributed by atoms with Crippen LogP contribution >= 0.6 is 0 Å². The van der Waals surface area contributed by atoms with Gasteiger partial charge in [0.1, 0.15) is 24.0 Å². The largest absolute Gasteiger partial charge is 0.362 e. The van der Waals surface area contributed by atoms with Crippen molar-refractivity contribution in [2.75, 3.05) is 11.9 Å². The Morgan fingerprint density at radius 3 is 2.50 bits per heavy atom. The lowest BCUT2D eigenvalue weighted by Crippen LogP contribution is -2.12. The molecule has 0 aliphatic carbocycles. The van der Waals surface area contributed by atoms with Gasteiger partial charge in [-0.25, -0.2) is 22.5 Å². The molecule has 0 bridgehead atoms. The van der Waals surface area contributed by atoms with Crippen LogP contribution in [0.3, 0.4) is 0 Å². The second-order valence-electron chi connectivity index (χ2n) is 4.69. The van der Waals surface area contributed by atoms with Crippen molar-refractivity contribution in [3.05, 3.63) is 42.0 Å². The van der Waals surface area contributed by atoms with Crippen molar-refractivity contribution < 1.29 is 17.6 Å². The van der Waals surface area contributed by atoms with Crippen LogP contribution in [0.2, 0.25) is 0 Å². The third-order valence-electron chi connectivity index (χ3n) is 3.05. The molecule has 0 spiro atoms. The van der Waals surface area contributed by atoms with Gasteiger partial charge in [0.05, 0.1) is 12.2 Å². The highest BCUT2D eigenvalue weighted by Gasteiger charge is 2.16. The van der Waals surface area contributed by atoms with Crippen LogP contribution in [-0.4, -0.2) is 32.5 Å². The molecule has 2 aromatic heterocycles. The molecule has 2 heterocycles. The van der Waals surface area contributed by atoms with E-state index >= 15 is 0 Å². The number of imidazole rings is 1. The zero-order valence-corrected chi connectivity index (χ0v) is 11.8. The van der Waals surface area contributed by atoms with Crippen molar-refractivity contribution in [1.29, 1.82) is 5.26 Å². The van der Waals surface area contributed by atoms with E-state index in [1.807, 2.05) is 0 Å². The van der Waals surface area contributed by atoms with E-state index < -0.39 is 24.6 Å². The second kappa shape index (κ2) is 6.11. The van der Waals surface area contributed by atoms with Crippen molar-refractivity contribution >= 4 is 17.0 Å². The molecule has 0 radical (unpaired) electrons. The van der Waals surface area contributed by atoms with E-state index in [-0.39, 0.29) is 28.5 Å². The van der Waals surface area contributed by atoms with Gasteiger partial charge in [0.25, 0.3) is 6.43 Å². The summed E-state index contributed by atoms with van der Waals surface area (Å²) in [7, 11) is 0. The molecule has 10 heteroatoms. The van der Waals surface area contributed by atoms with Gasteiger partial charge in [-0.3, -0.25) is 4.57 Å².